The topological polar surface area (TPSA) is 72.9 Å². The smallest absolute Gasteiger partial charge is 0.228 e. The SMILES string of the molecule is Cc1nnc(N2CCN(C(=O)C3CC(=O)N(c4ccc(N5CCCC5)cc4)C3)CC2)s1. The van der Waals surface area contributed by atoms with Crippen LogP contribution >= 0.6 is 11.3 Å². The number of aromatic nitrogens is 2. The highest BCUT2D eigenvalue weighted by atomic mass is 32.1. The molecular weight excluding hydrogens is 412 g/mol. The first kappa shape index (κ1) is 20.2. The zero-order valence-electron chi connectivity index (χ0n) is 17.9. The lowest BCUT2D eigenvalue weighted by molar-refractivity contribution is -0.136. The summed E-state index contributed by atoms with van der Waals surface area (Å²) in [6.45, 7) is 7.44. The maximum atomic E-state index is 13.1. The molecule has 3 fully saturated rings. The molecule has 2 amide bonds. The zero-order chi connectivity index (χ0) is 21.4. The van der Waals surface area contributed by atoms with Crippen molar-refractivity contribution in [3.63, 3.8) is 0 Å². The minimum Gasteiger partial charge on any atom is -0.372 e. The Bertz CT molecular complexity index is 947. The van der Waals surface area contributed by atoms with Crippen LogP contribution in [0.2, 0.25) is 0 Å². The van der Waals surface area contributed by atoms with Crippen LogP contribution in [0.15, 0.2) is 24.3 Å². The van der Waals surface area contributed by atoms with Gasteiger partial charge in [-0.05, 0) is 44.0 Å². The molecule has 3 aliphatic heterocycles. The van der Waals surface area contributed by atoms with E-state index in [1.54, 1.807) is 16.2 Å². The average Bonchev–Trinajstić information content (AvgIpc) is 3.55. The number of aryl methyl sites for hydroxylation is 1. The van der Waals surface area contributed by atoms with Crippen LogP contribution < -0.4 is 14.7 Å². The number of nitrogens with zero attached hydrogens (tertiary/aromatic N) is 6. The van der Waals surface area contributed by atoms with Gasteiger partial charge in [-0.25, -0.2) is 0 Å². The Morgan fingerprint density at radius 2 is 1.61 bits per heavy atom. The van der Waals surface area contributed by atoms with E-state index in [1.165, 1.54) is 18.5 Å². The normalized spacial score (nSPS) is 22.0. The van der Waals surface area contributed by atoms with E-state index in [2.05, 4.69) is 32.1 Å². The summed E-state index contributed by atoms with van der Waals surface area (Å²) in [5, 5.41) is 10.2. The number of hydrogen-bond acceptors (Lipinski definition) is 7. The van der Waals surface area contributed by atoms with Crippen molar-refractivity contribution in [3.05, 3.63) is 29.3 Å². The van der Waals surface area contributed by atoms with E-state index in [0.29, 0.717) is 26.1 Å². The second-order valence-corrected chi connectivity index (χ2v) is 9.69. The van der Waals surface area contributed by atoms with Gasteiger partial charge in [-0.15, -0.1) is 10.2 Å². The van der Waals surface area contributed by atoms with Crippen molar-refractivity contribution in [1.29, 1.82) is 0 Å². The molecule has 4 heterocycles. The van der Waals surface area contributed by atoms with Gasteiger partial charge in [0.05, 0.1) is 5.92 Å². The molecule has 0 aliphatic carbocycles. The molecule has 3 aliphatic rings. The predicted octanol–water partition coefficient (Wildman–Crippen LogP) is 2.15. The number of carbonyl (C=O) groups excluding carboxylic acids is 2. The van der Waals surface area contributed by atoms with E-state index >= 15 is 0 Å². The van der Waals surface area contributed by atoms with Gasteiger partial charge in [0.1, 0.15) is 5.01 Å². The van der Waals surface area contributed by atoms with Crippen molar-refractivity contribution in [3.8, 4) is 0 Å². The Balaban J connectivity index is 1.18. The maximum Gasteiger partial charge on any atom is 0.228 e. The van der Waals surface area contributed by atoms with Crippen LogP contribution in [-0.4, -0.2) is 72.7 Å². The molecular formula is C22H28N6O2S. The van der Waals surface area contributed by atoms with Gasteiger partial charge < -0.3 is 19.6 Å². The zero-order valence-corrected chi connectivity index (χ0v) is 18.7. The molecule has 8 nitrogen and oxygen atoms in total. The molecule has 0 radical (unpaired) electrons. The fourth-order valence-electron chi connectivity index (χ4n) is 4.73. The maximum absolute atomic E-state index is 13.1. The van der Waals surface area contributed by atoms with E-state index in [4.69, 9.17) is 0 Å². The molecule has 0 bridgehead atoms. The second-order valence-electron chi connectivity index (χ2n) is 8.53. The Kier molecular flexibility index (Phi) is 5.52. The lowest BCUT2D eigenvalue weighted by Gasteiger charge is -2.35. The van der Waals surface area contributed by atoms with Crippen molar-refractivity contribution < 1.29 is 9.59 Å². The molecule has 3 saturated heterocycles. The van der Waals surface area contributed by atoms with Gasteiger partial charge in [0.15, 0.2) is 0 Å². The summed E-state index contributed by atoms with van der Waals surface area (Å²) in [7, 11) is 0. The lowest BCUT2D eigenvalue weighted by Crippen LogP contribution is -2.50. The van der Waals surface area contributed by atoms with Crippen LogP contribution in [0, 0.1) is 12.8 Å². The quantitative estimate of drug-likeness (QED) is 0.725. The number of benzene rings is 1. The van der Waals surface area contributed by atoms with Crippen LogP contribution in [0.25, 0.3) is 0 Å². The summed E-state index contributed by atoms with van der Waals surface area (Å²) in [4.78, 5) is 34.0. The molecule has 164 valence electrons. The number of hydrogen-bond donors (Lipinski definition) is 0. The van der Waals surface area contributed by atoms with Crippen molar-refractivity contribution in [2.75, 3.05) is 60.5 Å². The lowest BCUT2D eigenvalue weighted by atomic mass is 10.1. The highest BCUT2D eigenvalue weighted by Crippen LogP contribution is 2.30. The average molecular weight is 441 g/mol. The van der Waals surface area contributed by atoms with E-state index in [9.17, 15) is 9.59 Å². The van der Waals surface area contributed by atoms with Gasteiger partial charge >= 0.3 is 0 Å². The number of anilines is 3. The van der Waals surface area contributed by atoms with Crippen molar-refractivity contribution in [2.45, 2.75) is 26.2 Å². The fraction of sp³-hybridized carbons (Fsp3) is 0.545. The summed E-state index contributed by atoms with van der Waals surface area (Å²) < 4.78 is 0. The first-order valence-corrected chi connectivity index (χ1v) is 11.9. The molecule has 31 heavy (non-hydrogen) atoms. The summed E-state index contributed by atoms with van der Waals surface area (Å²) in [5.41, 5.74) is 2.10. The predicted molar refractivity (Wildman–Crippen MR) is 122 cm³/mol. The Morgan fingerprint density at radius 3 is 2.26 bits per heavy atom. The molecule has 0 saturated carbocycles. The fourth-order valence-corrected chi connectivity index (χ4v) is 5.47. The van der Waals surface area contributed by atoms with Gasteiger partial charge in [0.25, 0.3) is 0 Å². The number of carbonyl (C=O) groups is 2. The summed E-state index contributed by atoms with van der Waals surface area (Å²) in [5.74, 6) is -0.131. The molecule has 0 N–H and O–H groups in total. The Hall–Kier alpha value is -2.68. The van der Waals surface area contributed by atoms with E-state index in [0.717, 1.165) is 42.0 Å². The summed E-state index contributed by atoms with van der Waals surface area (Å²) >= 11 is 1.58. The van der Waals surface area contributed by atoms with Crippen LogP contribution in [-0.2, 0) is 9.59 Å². The number of piperazine rings is 1. The molecule has 5 rings (SSSR count). The van der Waals surface area contributed by atoms with Crippen LogP contribution in [0.1, 0.15) is 24.3 Å². The Labute approximate surface area is 186 Å². The van der Waals surface area contributed by atoms with Crippen LogP contribution in [0.5, 0.6) is 0 Å². The third-order valence-electron chi connectivity index (χ3n) is 6.48. The van der Waals surface area contributed by atoms with Crippen molar-refractivity contribution in [1.82, 2.24) is 15.1 Å². The standard InChI is InChI=1S/C22H28N6O2S/c1-16-23-24-22(31-16)27-12-10-26(11-13-27)21(30)17-14-20(29)28(15-17)19-6-4-18(5-7-19)25-8-2-3-9-25/h4-7,17H,2-3,8-15H2,1H3. The van der Waals surface area contributed by atoms with Crippen molar-refractivity contribution in [2.24, 2.45) is 5.92 Å². The highest BCUT2D eigenvalue weighted by Gasteiger charge is 2.38. The van der Waals surface area contributed by atoms with E-state index < -0.39 is 0 Å². The summed E-state index contributed by atoms with van der Waals surface area (Å²) in [6.07, 6.45) is 2.78. The van der Waals surface area contributed by atoms with Gasteiger partial charge in [-0.1, -0.05) is 11.3 Å². The molecule has 1 aromatic carbocycles. The summed E-state index contributed by atoms with van der Waals surface area (Å²) in [6, 6.07) is 8.22. The first-order chi connectivity index (χ1) is 15.1. The molecule has 2 aromatic rings. The largest absolute Gasteiger partial charge is 0.372 e. The van der Waals surface area contributed by atoms with Gasteiger partial charge in [0, 0.05) is 63.6 Å². The Morgan fingerprint density at radius 1 is 0.935 bits per heavy atom. The first-order valence-electron chi connectivity index (χ1n) is 11.1. The van der Waals surface area contributed by atoms with Crippen LogP contribution in [0.4, 0.5) is 16.5 Å². The molecule has 1 unspecified atom stereocenters. The highest BCUT2D eigenvalue weighted by molar-refractivity contribution is 7.15. The van der Waals surface area contributed by atoms with Gasteiger partial charge in [-0.2, -0.15) is 0 Å². The van der Waals surface area contributed by atoms with Gasteiger partial charge in [0.2, 0.25) is 16.9 Å². The number of rotatable bonds is 4. The molecule has 1 aromatic heterocycles. The molecule has 0 spiro atoms. The second kappa shape index (κ2) is 8.45. The van der Waals surface area contributed by atoms with E-state index in [-0.39, 0.29) is 17.7 Å². The molecule has 1 atom stereocenters. The third kappa shape index (κ3) is 4.11. The third-order valence-corrected chi connectivity index (χ3v) is 7.38. The van der Waals surface area contributed by atoms with Crippen LogP contribution in [0.3, 0.4) is 0 Å². The molecule has 9 heteroatoms. The number of amides is 2. The van der Waals surface area contributed by atoms with Crippen molar-refractivity contribution >= 4 is 39.7 Å². The monoisotopic (exact) mass is 440 g/mol. The minimum atomic E-state index is -0.263. The van der Waals surface area contributed by atoms with Gasteiger partial charge in [-0.3, -0.25) is 9.59 Å². The van der Waals surface area contributed by atoms with E-state index in [1.807, 2.05) is 24.0 Å². The minimum absolute atomic E-state index is 0.0373.